The number of carboxylic acids is 1. The number of phenolic OH excluding ortho intramolecular Hbond substituents is 1. The molecule has 11 heteroatoms. The molecule has 0 saturated carbocycles. The maximum absolute atomic E-state index is 13.8. The molecule has 0 bridgehead atoms. The Labute approximate surface area is 272 Å². The number of amides is 2. The van der Waals surface area contributed by atoms with Gasteiger partial charge in [0, 0.05) is 29.2 Å². The van der Waals surface area contributed by atoms with E-state index in [-0.39, 0.29) is 36.2 Å². The fourth-order valence-corrected chi connectivity index (χ4v) is 7.63. The lowest BCUT2D eigenvalue weighted by atomic mass is 9.58. The number of pyridine rings is 1. The van der Waals surface area contributed by atoms with Crippen LogP contribution in [0.1, 0.15) is 76.0 Å². The van der Waals surface area contributed by atoms with Gasteiger partial charge in [-0.05, 0) is 98.3 Å². The number of imide groups is 1. The average Bonchev–Trinajstić information content (AvgIpc) is 3.25. The molecular weight excluding hydrogens is 639 g/mol. The van der Waals surface area contributed by atoms with E-state index in [2.05, 4.69) is 27.8 Å². The first-order valence-electron chi connectivity index (χ1n) is 15.9. The Bertz CT molecular complexity index is 1480. The molecule has 2 fully saturated rings. The van der Waals surface area contributed by atoms with Crippen molar-refractivity contribution in [3.05, 3.63) is 69.5 Å². The van der Waals surface area contributed by atoms with Gasteiger partial charge in [-0.25, -0.2) is 0 Å². The van der Waals surface area contributed by atoms with Gasteiger partial charge >= 0.3 is 13.1 Å². The van der Waals surface area contributed by atoms with Crippen molar-refractivity contribution in [2.24, 2.45) is 17.8 Å². The Morgan fingerprint density at radius 3 is 2.69 bits per heavy atom. The van der Waals surface area contributed by atoms with Crippen LogP contribution >= 0.6 is 15.9 Å². The third kappa shape index (κ3) is 7.59. The molecule has 238 valence electrons. The van der Waals surface area contributed by atoms with E-state index in [1.54, 1.807) is 18.3 Å². The third-order valence-corrected chi connectivity index (χ3v) is 9.71. The van der Waals surface area contributed by atoms with Crippen molar-refractivity contribution in [2.45, 2.75) is 77.1 Å². The number of carboxylic acid groups (broad SMARTS) is 1. The van der Waals surface area contributed by atoms with Crippen molar-refractivity contribution >= 4 is 52.5 Å². The summed E-state index contributed by atoms with van der Waals surface area (Å²) in [6.45, 7) is 2.39. The van der Waals surface area contributed by atoms with Gasteiger partial charge in [0.05, 0.1) is 23.6 Å². The molecule has 2 saturated heterocycles. The molecule has 1 aliphatic carbocycles. The van der Waals surface area contributed by atoms with Crippen LogP contribution in [0, 0.1) is 17.8 Å². The van der Waals surface area contributed by atoms with Crippen LogP contribution in [0.2, 0.25) is 6.32 Å². The van der Waals surface area contributed by atoms with Crippen LogP contribution in [0.5, 0.6) is 5.75 Å². The molecular formula is C34H40BBrN2O7. The number of aliphatic carboxylic acids is 1. The lowest BCUT2D eigenvalue weighted by molar-refractivity contribution is -0.141. The zero-order chi connectivity index (χ0) is 32.1. The first-order valence-corrected chi connectivity index (χ1v) is 16.7. The standard InChI is InChI=1S/C34H40BBrN2O7/c1-2-8-22-19-25-32(34(43)38(33(25)42)16-7-3-4-10-30(40)41)26-20-35(44)45-29(31(22)26)14-11-21(27-9-5-6-15-37-27)17-23-18-24(36)12-13-28(23)39/h5-6,9,12-13,15,17-18,25-26,29,32,39,44H,2-4,7-8,10-11,14,16,19-20H2,1H3,(H,40,41)/b21-17-/t25-,26+,29-,32-/m1/s1. The summed E-state index contributed by atoms with van der Waals surface area (Å²) in [7, 11) is -1.06. The molecule has 1 aromatic carbocycles. The van der Waals surface area contributed by atoms with Gasteiger partial charge in [-0.2, -0.15) is 0 Å². The van der Waals surface area contributed by atoms with Crippen molar-refractivity contribution < 1.29 is 34.3 Å². The van der Waals surface area contributed by atoms with E-state index >= 15 is 0 Å². The van der Waals surface area contributed by atoms with Crippen LogP contribution < -0.4 is 0 Å². The van der Waals surface area contributed by atoms with Gasteiger partial charge in [0.15, 0.2) is 0 Å². The van der Waals surface area contributed by atoms with Crippen LogP contribution in [-0.4, -0.2) is 62.7 Å². The van der Waals surface area contributed by atoms with Gasteiger partial charge < -0.3 is 19.9 Å². The highest BCUT2D eigenvalue weighted by Crippen LogP contribution is 2.51. The van der Waals surface area contributed by atoms with Crippen LogP contribution in [0.25, 0.3) is 11.6 Å². The van der Waals surface area contributed by atoms with Crippen molar-refractivity contribution in [3.63, 3.8) is 0 Å². The number of hydrogen-bond donors (Lipinski definition) is 3. The molecule has 3 N–H and O–H groups in total. The molecule has 2 aliphatic heterocycles. The maximum atomic E-state index is 13.8. The Morgan fingerprint density at radius 2 is 1.96 bits per heavy atom. The topological polar surface area (TPSA) is 137 Å². The molecule has 9 nitrogen and oxygen atoms in total. The minimum atomic E-state index is -1.06. The number of halogens is 1. The quantitative estimate of drug-likeness (QED) is 0.0999. The van der Waals surface area contributed by atoms with Crippen molar-refractivity contribution in [3.8, 4) is 5.75 Å². The van der Waals surface area contributed by atoms with Crippen LogP contribution in [0.4, 0.5) is 0 Å². The number of fused-ring (bicyclic) bond motifs is 3. The van der Waals surface area contributed by atoms with E-state index in [1.165, 1.54) is 4.90 Å². The summed E-state index contributed by atoms with van der Waals surface area (Å²) in [5.41, 5.74) is 4.53. The lowest BCUT2D eigenvalue weighted by Crippen LogP contribution is -2.46. The second-order valence-corrected chi connectivity index (χ2v) is 13.1. The van der Waals surface area contributed by atoms with Crippen molar-refractivity contribution in [2.75, 3.05) is 6.54 Å². The molecule has 45 heavy (non-hydrogen) atoms. The molecule has 0 unspecified atom stereocenters. The molecule has 2 aromatic rings. The van der Waals surface area contributed by atoms with Gasteiger partial charge in [0.25, 0.3) is 0 Å². The summed E-state index contributed by atoms with van der Waals surface area (Å²) in [5, 5.41) is 30.4. The number of unbranched alkanes of at least 4 members (excludes halogenated alkanes) is 2. The number of carbonyl (C=O) groups is 3. The summed E-state index contributed by atoms with van der Waals surface area (Å²) in [5.74, 6) is -2.30. The van der Waals surface area contributed by atoms with E-state index in [0.717, 1.165) is 39.7 Å². The van der Waals surface area contributed by atoms with Crippen LogP contribution in [-0.2, 0) is 19.0 Å². The normalized spacial score (nSPS) is 23.4. The third-order valence-electron chi connectivity index (χ3n) is 9.21. The molecule has 2 amide bonds. The molecule has 4 atom stereocenters. The van der Waals surface area contributed by atoms with Crippen LogP contribution in [0.15, 0.2) is 58.2 Å². The summed E-state index contributed by atoms with van der Waals surface area (Å²) >= 11 is 3.49. The molecule has 5 rings (SSSR count). The second-order valence-electron chi connectivity index (χ2n) is 12.2. The molecule has 0 spiro atoms. The van der Waals surface area contributed by atoms with Gasteiger partial charge in [0.2, 0.25) is 11.8 Å². The summed E-state index contributed by atoms with van der Waals surface area (Å²) < 4.78 is 7.03. The number of hydrogen-bond acceptors (Lipinski definition) is 7. The number of allylic oxidation sites excluding steroid dienone is 2. The van der Waals surface area contributed by atoms with E-state index in [1.807, 2.05) is 30.3 Å². The zero-order valence-electron chi connectivity index (χ0n) is 25.5. The SMILES string of the molecule is CCCC1=C2[C@@H](CC/C(=C/c3cc(Br)ccc3O)c3ccccn3)OB(O)C[C@@H]2[C@@H]2C(=O)N(CCCCCC(=O)O)C(=O)[C@@H]2C1. The summed E-state index contributed by atoms with van der Waals surface area (Å²) in [6.07, 6.45) is 8.51. The summed E-state index contributed by atoms with van der Waals surface area (Å²) in [4.78, 5) is 44.2. The average molecular weight is 679 g/mol. The first kappa shape index (κ1) is 33.1. The van der Waals surface area contributed by atoms with Crippen molar-refractivity contribution in [1.82, 2.24) is 9.88 Å². The predicted octanol–water partition coefficient (Wildman–Crippen LogP) is 6.11. The number of benzene rings is 1. The number of phenols is 1. The Kier molecular flexibility index (Phi) is 10.9. The molecule has 0 radical (unpaired) electrons. The van der Waals surface area contributed by atoms with E-state index in [9.17, 15) is 24.5 Å². The Morgan fingerprint density at radius 1 is 1.13 bits per heavy atom. The van der Waals surface area contributed by atoms with E-state index in [0.29, 0.717) is 50.6 Å². The predicted molar refractivity (Wildman–Crippen MR) is 175 cm³/mol. The molecule has 1 aromatic heterocycles. The number of rotatable bonds is 13. The smallest absolute Gasteiger partial charge is 0.455 e. The fraction of sp³-hybridized carbons (Fsp3) is 0.471. The monoisotopic (exact) mass is 678 g/mol. The minimum absolute atomic E-state index is 0.0729. The fourth-order valence-electron chi connectivity index (χ4n) is 7.25. The Balaban J connectivity index is 1.40. The highest BCUT2D eigenvalue weighted by molar-refractivity contribution is 9.10. The van der Waals surface area contributed by atoms with Crippen molar-refractivity contribution in [1.29, 1.82) is 0 Å². The summed E-state index contributed by atoms with van der Waals surface area (Å²) in [6, 6.07) is 10.9. The van der Waals surface area contributed by atoms with Gasteiger partial charge in [-0.3, -0.25) is 24.3 Å². The zero-order valence-corrected chi connectivity index (χ0v) is 27.1. The van der Waals surface area contributed by atoms with E-state index < -0.39 is 31.0 Å². The first-order chi connectivity index (χ1) is 21.7. The number of likely N-dealkylation sites (tertiary alicyclic amines) is 1. The Hall–Kier alpha value is -3.28. The van der Waals surface area contributed by atoms with Gasteiger partial charge in [-0.1, -0.05) is 47.3 Å². The molecule has 3 heterocycles. The number of nitrogens with zero attached hydrogens (tertiary/aromatic N) is 2. The highest BCUT2D eigenvalue weighted by Gasteiger charge is 2.56. The number of carbonyl (C=O) groups excluding carboxylic acids is 2. The van der Waals surface area contributed by atoms with Gasteiger partial charge in [-0.15, -0.1) is 0 Å². The highest BCUT2D eigenvalue weighted by atomic mass is 79.9. The maximum Gasteiger partial charge on any atom is 0.455 e. The lowest BCUT2D eigenvalue weighted by Gasteiger charge is -2.43. The van der Waals surface area contributed by atoms with Gasteiger partial charge in [0.1, 0.15) is 5.75 Å². The largest absolute Gasteiger partial charge is 0.507 e. The van der Waals surface area contributed by atoms with Crippen LogP contribution in [0.3, 0.4) is 0 Å². The molecule has 3 aliphatic rings. The van der Waals surface area contributed by atoms with E-state index in [4.69, 9.17) is 9.76 Å². The minimum Gasteiger partial charge on any atom is -0.507 e. The number of aromatic hydroxyl groups is 1. The number of aromatic nitrogens is 1. The second kappa shape index (κ2) is 14.9.